The SMILES string of the molecule is Cc1ccc(-c2c(C)noc2C)cc1N(CCCCCBr)c1ccc(C2(C#N)CC2)cc1. The molecule has 4 rings (SSSR count). The fourth-order valence-corrected chi connectivity index (χ4v) is 4.83. The highest BCUT2D eigenvalue weighted by Gasteiger charge is 2.44. The molecule has 0 unspecified atom stereocenters. The lowest BCUT2D eigenvalue weighted by atomic mass is 9.97. The van der Waals surface area contributed by atoms with E-state index in [2.05, 4.69) is 81.4 Å². The van der Waals surface area contributed by atoms with E-state index in [-0.39, 0.29) is 5.41 Å². The van der Waals surface area contributed by atoms with E-state index in [1.807, 2.05) is 13.8 Å². The first-order valence-corrected chi connectivity index (χ1v) is 12.5. The average molecular weight is 492 g/mol. The van der Waals surface area contributed by atoms with Gasteiger partial charge in [-0.1, -0.05) is 51.8 Å². The molecule has 5 heteroatoms. The molecule has 0 aliphatic heterocycles. The molecule has 1 aromatic heterocycles. The summed E-state index contributed by atoms with van der Waals surface area (Å²) in [7, 11) is 0. The van der Waals surface area contributed by atoms with Gasteiger partial charge in [0.05, 0.1) is 17.2 Å². The predicted molar refractivity (Wildman–Crippen MR) is 134 cm³/mol. The van der Waals surface area contributed by atoms with E-state index in [1.165, 1.54) is 29.8 Å². The van der Waals surface area contributed by atoms with E-state index in [9.17, 15) is 5.26 Å². The van der Waals surface area contributed by atoms with Gasteiger partial charge >= 0.3 is 0 Å². The van der Waals surface area contributed by atoms with Crippen molar-refractivity contribution < 1.29 is 4.52 Å². The van der Waals surface area contributed by atoms with Crippen LogP contribution in [0.25, 0.3) is 11.1 Å². The first-order chi connectivity index (χ1) is 15.5. The van der Waals surface area contributed by atoms with E-state index >= 15 is 0 Å². The molecule has 3 aromatic rings. The third kappa shape index (κ3) is 4.47. The van der Waals surface area contributed by atoms with E-state index in [0.29, 0.717) is 0 Å². The Morgan fingerprint density at radius 2 is 1.81 bits per heavy atom. The number of aryl methyl sites for hydroxylation is 3. The maximum Gasteiger partial charge on any atom is 0.141 e. The summed E-state index contributed by atoms with van der Waals surface area (Å²) >= 11 is 3.55. The Morgan fingerprint density at radius 3 is 2.41 bits per heavy atom. The highest BCUT2D eigenvalue weighted by atomic mass is 79.9. The molecule has 0 N–H and O–H groups in total. The Bertz CT molecular complexity index is 1100. The van der Waals surface area contributed by atoms with E-state index in [1.54, 1.807) is 0 Å². The van der Waals surface area contributed by atoms with Crippen LogP contribution < -0.4 is 4.90 Å². The van der Waals surface area contributed by atoms with Crippen LogP contribution in [-0.2, 0) is 5.41 Å². The van der Waals surface area contributed by atoms with E-state index in [4.69, 9.17) is 4.52 Å². The van der Waals surface area contributed by atoms with Crippen LogP contribution in [0.15, 0.2) is 47.0 Å². The van der Waals surface area contributed by atoms with Crippen molar-refractivity contribution in [3.8, 4) is 17.2 Å². The number of rotatable bonds is 9. The van der Waals surface area contributed by atoms with Gasteiger partial charge in [0.2, 0.25) is 0 Å². The van der Waals surface area contributed by atoms with Crippen LogP contribution in [0.1, 0.15) is 54.7 Å². The van der Waals surface area contributed by atoms with Gasteiger partial charge in [0, 0.05) is 28.8 Å². The molecular formula is C27H30BrN3O. The van der Waals surface area contributed by atoms with Crippen LogP contribution in [0, 0.1) is 32.1 Å². The van der Waals surface area contributed by atoms with Crippen molar-refractivity contribution in [2.75, 3.05) is 16.8 Å². The minimum absolute atomic E-state index is 0.252. The second kappa shape index (κ2) is 9.50. The van der Waals surface area contributed by atoms with Crippen molar-refractivity contribution in [2.24, 2.45) is 0 Å². The summed E-state index contributed by atoms with van der Waals surface area (Å²) in [4.78, 5) is 2.42. The van der Waals surface area contributed by atoms with Gasteiger partial charge in [0.15, 0.2) is 0 Å². The van der Waals surface area contributed by atoms with Crippen LogP contribution in [0.5, 0.6) is 0 Å². The van der Waals surface area contributed by atoms with Gasteiger partial charge in [-0.05, 0) is 81.3 Å². The minimum Gasteiger partial charge on any atom is -0.361 e. The van der Waals surface area contributed by atoms with Gasteiger partial charge in [0.1, 0.15) is 5.76 Å². The summed E-state index contributed by atoms with van der Waals surface area (Å²) in [5.41, 5.74) is 7.62. The molecule has 1 fully saturated rings. The van der Waals surface area contributed by atoms with Crippen LogP contribution in [0.3, 0.4) is 0 Å². The predicted octanol–water partition coefficient (Wildman–Crippen LogP) is 7.53. The molecule has 1 aliphatic carbocycles. The molecule has 1 aliphatic rings. The van der Waals surface area contributed by atoms with Gasteiger partial charge in [-0.15, -0.1) is 0 Å². The first kappa shape index (κ1) is 22.6. The summed E-state index contributed by atoms with van der Waals surface area (Å²) in [6.07, 6.45) is 5.41. The maximum atomic E-state index is 9.56. The third-order valence-corrected chi connectivity index (χ3v) is 7.09. The quantitative estimate of drug-likeness (QED) is 0.229. The fourth-order valence-electron chi connectivity index (χ4n) is 4.43. The molecule has 32 heavy (non-hydrogen) atoms. The normalized spacial score (nSPS) is 14.2. The molecule has 166 valence electrons. The third-order valence-electron chi connectivity index (χ3n) is 6.53. The highest BCUT2D eigenvalue weighted by Crippen LogP contribution is 2.48. The summed E-state index contributed by atoms with van der Waals surface area (Å²) in [6, 6.07) is 17.8. The van der Waals surface area contributed by atoms with E-state index < -0.39 is 0 Å². The molecule has 0 atom stereocenters. The lowest BCUT2D eigenvalue weighted by Crippen LogP contribution is -2.20. The molecule has 2 aromatic carbocycles. The highest BCUT2D eigenvalue weighted by molar-refractivity contribution is 9.09. The number of halogens is 1. The topological polar surface area (TPSA) is 53.1 Å². The molecule has 0 spiro atoms. The summed E-state index contributed by atoms with van der Waals surface area (Å²) in [6.45, 7) is 7.07. The molecule has 0 saturated heterocycles. The lowest BCUT2D eigenvalue weighted by molar-refractivity contribution is 0.393. The van der Waals surface area contributed by atoms with Gasteiger partial charge in [0.25, 0.3) is 0 Å². The number of aromatic nitrogens is 1. The second-order valence-electron chi connectivity index (χ2n) is 8.84. The van der Waals surface area contributed by atoms with Crippen molar-refractivity contribution >= 4 is 27.3 Å². The molecule has 1 saturated carbocycles. The fraction of sp³-hybridized carbons (Fsp3) is 0.407. The lowest BCUT2D eigenvalue weighted by Gasteiger charge is -2.28. The van der Waals surface area contributed by atoms with Crippen LogP contribution in [0.4, 0.5) is 11.4 Å². The zero-order valence-electron chi connectivity index (χ0n) is 19.1. The first-order valence-electron chi connectivity index (χ1n) is 11.4. The Hall–Kier alpha value is -2.58. The van der Waals surface area contributed by atoms with Crippen molar-refractivity contribution in [3.63, 3.8) is 0 Å². The number of benzene rings is 2. The molecule has 1 heterocycles. The number of unbranched alkanes of at least 4 members (excludes halogenated alkanes) is 2. The summed E-state index contributed by atoms with van der Waals surface area (Å²) < 4.78 is 5.42. The maximum absolute atomic E-state index is 9.56. The standard InChI is InChI=1S/C27H30BrN3O/c1-19-7-8-22(26-20(2)30-32-21(26)3)17-25(19)31(16-6-4-5-15-28)24-11-9-23(10-12-24)27(18-29)13-14-27/h7-12,17H,4-6,13-16H2,1-3H3. The van der Waals surface area contributed by atoms with Crippen molar-refractivity contribution in [1.29, 1.82) is 5.26 Å². The van der Waals surface area contributed by atoms with Crippen molar-refractivity contribution in [2.45, 2.75) is 58.3 Å². The summed E-state index contributed by atoms with van der Waals surface area (Å²) in [5, 5.41) is 14.7. The number of nitrogens with zero attached hydrogens (tertiary/aromatic N) is 3. The Balaban J connectivity index is 1.70. The van der Waals surface area contributed by atoms with Crippen LogP contribution in [-0.4, -0.2) is 17.0 Å². The second-order valence-corrected chi connectivity index (χ2v) is 9.64. The molecule has 4 nitrogen and oxygen atoms in total. The number of alkyl halides is 1. The van der Waals surface area contributed by atoms with Crippen LogP contribution in [0.2, 0.25) is 0 Å². The largest absolute Gasteiger partial charge is 0.361 e. The van der Waals surface area contributed by atoms with Crippen molar-refractivity contribution in [1.82, 2.24) is 5.16 Å². The monoisotopic (exact) mass is 491 g/mol. The Kier molecular flexibility index (Phi) is 6.71. The van der Waals surface area contributed by atoms with Crippen LogP contribution >= 0.6 is 15.9 Å². The molecule has 0 bridgehead atoms. The zero-order valence-corrected chi connectivity index (χ0v) is 20.7. The minimum atomic E-state index is -0.252. The number of hydrogen-bond acceptors (Lipinski definition) is 4. The van der Waals surface area contributed by atoms with Crippen molar-refractivity contribution in [3.05, 3.63) is 65.0 Å². The van der Waals surface area contributed by atoms with Gasteiger partial charge in [-0.3, -0.25) is 0 Å². The number of anilines is 2. The van der Waals surface area contributed by atoms with Gasteiger partial charge < -0.3 is 9.42 Å². The molecular weight excluding hydrogens is 462 g/mol. The zero-order chi connectivity index (χ0) is 22.7. The van der Waals surface area contributed by atoms with E-state index in [0.717, 1.165) is 59.3 Å². The van der Waals surface area contributed by atoms with Gasteiger partial charge in [-0.2, -0.15) is 5.26 Å². The smallest absolute Gasteiger partial charge is 0.141 e. The Morgan fingerprint density at radius 1 is 1.06 bits per heavy atom. The van der Waals surface area contributed by atoms with Gasteiger partial charge in [-0.25, -0.2) is 0 Å². The number of nitriles is 1. The summed E-state index contributed by atoms with van der Waals surface area (Å²) in [5.74, 6) is 0.844. The number of hydrogen-bond donors (Lipinski definition) is 0. The average Bonchev–Trinajstić information content (AvgIpc) is 3.54. The molecule has 0 radical (unpaired) electrons. The Labute approximate surface area is 199 Å². The molecule has 0 amide bonds.